The number of carbonyl (C=O) groups is 1. The second-order valence-corrected chi connectivity index (χ2v) is 7.87. The van der Waals surface area contributed by atoms with Gasteiger partial charge in [-0.2, -0.15) is 0 Å². The Morgan fingerprint density at radius 1 is 1.03 bits per heavy atom. The standard InChI is InChI=1S/C23H29ClN2O4/c1-28-20-12-17(13-21(29-2)22(20)30-3)14-25-23(27)18-7-9-26(10-8-18)15-16-5-4-6-19(24)11-16/h4-6,11-13,18H,7-10,14-15H2,1-3H3,(H,25,27). The number of nitrogens with zero attached hydrogens (tertiary/aromatic N) is 1. The van der Waals surface area contributed by atoms with Crippen molar-refractivity contribution in [1.82, 2.24) is 10.2 Å². The lowest BCUT2D eigenvalue weighted by Gasteiger charge is -2.31. The van der Waals surface area contributed by atoms with Crippen molar-refractivity contribution in [2.45, 2.75) is 25.9 Å². The van der Waals surface area contributed by atoms with Gasteiger partial charge in [-0.15, -0.1) is 0 Å². The Labute approximate surface area is 183 Å². The van der Waals surface area contributed by atoms with E-state index in [0.717, 1.165) is 43.1 Å². The quantitative estimate of drug-likeness (QED) is 0.685. The fourth-order valence-electron chi connectivity index (χ4n) is 3.82. The van der Waals surface area contributed by atoms with Crippen LogP contribution in [0.4, 0.5) is 0 Å². The second kappa shape index (κ2) is 10.5. The summed E-state index contributed by atoms with van der Waals surface area (Å²) in [6, 6.07) is 11.7. The highest BCUT2D eigenvalue weighted by Crippen LogP contribution is 2.38. The molecule has 0 aliphatic carbocycles. The van der Waals surface area contributed by atoms with Crippen LogP contribution in [0.25, 0.3) is 0 Å². The Hall–Kier alpha value is -2.44. The van der Waals surface area contributed by atoms with E-state index in [9.17, 15) is 4.79 Å². The van der Waals surface area contributed by atoms with E-state index < -0.39 is 0 Å². The number of piperidine rings is 1. The molecule has 30 heavy (non-hydrogen) atoms. The first-order valence-electron chi connectivity index (χ1n) is 10.1. The summed E-state index contributed by atoms with van der Waals surface area (Å²) in [4.78, 5) is 15.0. The van der Waals surface area contributed by atoms with Crippen molar-refractivity contribution >= 4 is 17.5 Å². The maximum Gasteiger partial charge on any atom is 0.223 e. The minimum atomic E-state index is 0.0302. The zero-order chi connectivity index (χ0) is 21.5. The topological polar surface area (TPSA) is 60.0 Å². The molecule has 1 fully saturated rings. The van der Waals surface area contributed by atoms with Gasteiger partial charge in [-0.3, -0.25) is 9.69 Å². The highest BCUT2D eigenvalue weighted by molar-refractivity contribution is 6.30. The number of amides is 1. The fourth-order valence-corrected chi connectivity index (χ4v) is 4.03. The van der Waals surface area contributed by atoms with E-state index in [-0.39, 0.29) is 11.8 Å². The molecule has 1 amide bonds. The number of halogens is 1. The van der Waals surface area contributed by atoms with Crippen molar-refractivity contribution in [1.29, 1.82) is 0 Å². The van der Waals surface area contributed by atoms with Gasteiger partial charge in [0.25, 0.3) is 0 Å². The molecule has 0 radical (unpaired) electrons. The number of hydrogen-bond acceptors (Lipinski definition) is 5. The molecule has 0 saturated carbocycles. The van der Waals surface area contributed by atoms with Gasteiger partial charge in [0.05, 0.1) is 21.3 Å². The van der Waals surface area contributed by atoms with Crippen LogP contribution in [-0.2, 0) is 17.9 Å². The van der Waals surface area contributed by atoms with Crippen LogP contribution in [0.1, 0.15) is 24.0 Å². The maximum absolute atomic E-state index is 12.7. The van der Waals surface area contributed by atoms with E-state index in [1.165, 1.54) is 5.56 Å². The third kappa shape index (κ3) is 5.58. The van der Waals surface area contributed by atoms with Crippen LogP contribution < -0.4 is 19.5 Å². The van der Waals surface area contributed by atoms with Crippen LogP contribution in [0, 0.1) is 5.92 Å². The number of nitrogens with one attached hydrogen (secondary N) is 1. The number of ether oxygens (including phenoxy) is 3. The van der Waals surface area contributed by atoms with Gasteiger partial charge >= 0.3 is 0 Å². The fraction of sp³-hybridized carbons (Fsp3) is 0.435. The molecule has 3 rings (SSSR count). The summed E-state index contributed by atoms with van der Waals surface area (Å²) in [5, 5.41) is 3.81. The Bertz CT molecular complexity index is 841. The largest absolute Gasteiger partial charge is 0.493 e. The number of rotatable bonds is 8. The number of benzene rings is 2. The average Bonchev–Trinajstić information content (AvgIpc) is 2.77. The van der Waals surface area contributed by atoms with Gasteiger partial charge in [0.1, 0.15) is 0 Å². The lowest BCUT2D eigenvalue weighted by atomic mass is 9.95. The van der Waals surface area contributed by atoms with E-state index in [4.69, 9.17) is 25.8 Å². The van der Waals surface area contributed by atoms with Crippen LogP contribution in [0.5, 0.6) is 17.2 Å². The molecule has 0 spiro atoms. The molecule has 2 aromatic rings. The molecule has 6 nitrogen and oxygen atoms in total. The van der Waals surface area contributed by atoms with Crippen molar-refractivity contribution in [2.24, 2.45) is 5.92 Å². The van der Waals surface area contributed by atoms with E-state index in [2.05, 4.69) is 16.3 Å². The first-order chi connectivity index (χ1) is 14.5. The van der Waals surface area contributed by atoms with E-state index >= 15 is 0 Å². The van der Waals surface area contributed by atoms with Crippen LogP contribution in [0.15, 0.2) is 36.4 Å². The summed E-state index contributed by atoms with van der Waals surface area (Å²) in [6.07, 6.45) is 1.70. The molecule has 1 N–H and O–H groups in total. The van der Waals surface area contributed by atoms with Crippen molar-refractivity contribution in [3.8, 4) is 17.2 Å². The molecule has 1 aliphatic rings. The van der Waals surface area contributed by atoms with E-state index in [1.807, 2.05) is 30.3 Å². The summed E-state index contributed by atoms with van der Waals surface area (Å²) < 4.78 is 16.1. The summed E-state index contributed by atoms with van der Waals surface area (Å²) in [5.41, 5.74) is 2.10. The van der Waals surface area contributed by atoms with Crippen molar-refractivity contribution < 1.29 is 19.0 Å². The Morgan fingerprint density at radius 2 is 1.70 bits per heavy atom. The molecular weight excluding hydrogens is 404 g/mol. The average molecular weight is 433 g/mol. The highest BCUT2D eigenvalue weighted by atomic mass is 35.5. The molecule has 0 unspecified atom stereocenters. The van der Waals surface area contributed by atoms with Crippen LogP contribution in [0.3, 0.4) is 0 Å². The number of carbonyl (C=O) groups excluding carboxylic acids is 1. The summed E-state index contributed by atoms with van der Waals surface area (Å²) in [5.74, 6) is 1.82. The van der Waals surface area contributed by atoms with E-state index in [0.29, 0.717) is 23.8 Å². The molecule has 2 aromatic carbocycles. The smallest absolute Gasteiger partial charge is 0.223 e. The molecule has 7 heteroatoms. The van der Waals surface area contributed by atoms with Gasteiger partial charge < -0.3 is 19.5 Å². The van der Waals surface area contributed by atoms with Crippen LogP contribution in [-0.4, -0.2) is 45.2 Å². The van der Waals surface area contributed by atoms with Gasteiger partial charge in [-0.1, -0.05) is 23.7 Å². The van der Waals surface area contributed by atoms with Crippen molar-refractivity contribution in [3.63, 3.8) is 0 Å². The zero-order valence-corrected chi connectivity index (χ0v) is 18.5. The van der Waals surface area contributed by atoms with Gasteiger partial charge in [-0.05, 0) is 61.3 Å². The minimum absolute atomic E-state index is 0.0302. The van der Waals surface area contributed by atoms with Gasteiger partial charge in [0.2, 0.25) is 11.7 Å². The predicted octanol–water partition coefficient (Wildman–Crippen LogP) is 3.89. The molecule has 1 aliphatic heterocycles. The normalized spacial score (nSPS) is 14.9. The summed E-state index contributed by atoms with van der Waals surface area (Å²) >= 11 is 6.07. The third-order valence-corrected chi connectivity index (χ3v) is 5.68. The first-order valence-corrected chi connectivity index (χ1v) is 10.4. The van der Waals surface area contributed by atoms with Gasteiger partial charge in [0.15, 0.2) is 11.5 Å². The third-order valence-electron chi connectivity index (χ3n) is 5.44. The Morgan fingerprint density at radius 3 is 2.27 bits per heavy atom. The van der Waals surface area contributed by atoms with Crippen LogP contribution in [0.2, 0.25) is 5.02 Å². The number of methoxy groups -OCH3 is 3. The summed E-state index contributed by atoms with van der Waals surface area (Å²) in [7, 11) is 4.73. The van der Waals surface area contributed by atoms with Crippen LogP contribution >= 0.6 is 11.6 Å². The monoisotopic (exact) mass is 432 g/mol. The van der Waals surface area contributed by atoms with Gasteiger partial charge in [0, 0.05) is 24.0 Å². The molecule has 0 bridgehead atoms. The lowest BCUT2D eigenvalue weighted by Crippen LogP contribution is -2.40. The minimum Gasteiger partial charge on any atom is -0.493 e. The highest BCUT2D eigenvalue weighted by Gasteiger charge is 2.25. The molecular formula is C23H29ClN2O4. The molecule has 0 atom stereocenters. The second-order valence-electron chi connectivity index (χ2n) is 7.43. The lowest BCUT2D eigenvalue weighted by molar-refractivity contribution is -0.126. The zero-order valence-electron chi connectivity index (χ0n) is 17.7. The SMILES string of the molecule is COc1cc(CNC(=O)C2CCN(Cc3cccc(Cl)c3)CC2)cc(OC)c1OC. The van der Waals surface area contributed by atoms with E-state index in [1.54, 1.807) is 21.3 Å². The predicted molar refractivity (Wildman–Crippen MR) is 117 cm³/mol. The summed E-state index contributed by atoms with van der Waals surface area (Å²) in [6.45, 7) is 3.07. The molecule has 0 aromatic heterocycles. The molecule has 162 valence electrons. The molecule has 1 heterocycles. The first kappa shape index (κ1) is 22.2. The number of hydrogen-bond donors (Lipinski definition) is 1. The Balaban J connectivity index is 1.51. The van der Waals surface area contributed by atoms with Crippen molar-refractivity contribution in [3.05, 3.63) is 52.5 Å². The van der Waals surface area contributed by atoms with Gasteiger partial charge in [-0.25, -0.2) is 0 Å². The maximum atomic E-state index is 12.7. The van der Waals surface area contributed by atoms with Crippen molar-refractivity contribution in [2.75, 3.05) is 34.4 Å². The number of likely N-dealkylation sites (tertiary alicyclic amines) is 1. The Kier molecular flexibility index (Phi) is 7.82. The molecule has 1 saturated heterocycles.